The highest BCUT2D eigenvalue weighted by atomic mass is 16.5. The lowest BCUT2D eigenvalue weighted by molar-refractivity contribution is 0.441. The molecule has 2 heterocycles. The fraction of sp³-hybridized carbons (Fsp3) is 0.0385. The molecule has 0 saturated heterocycles. The van der Waals surface area contributed by atoms with Crippen molar-refractivity contribution in [2.24, 2.45) is 0 Å². The van der Waals surface area contributed by atoms with Gasteiger partial charge in [-0.3, -0.25) is 0 Å². The summed E-state index contributed by atoms with van der Waals surface area (Å²) in [5.41, 5.74) is 2.37. The second kappa shape index (κ2) is 6.22. The van der Waals surface area contributed by atoms with Gasteiger partial charge in [-0.15, -0.1) is 0 Å². The molecule has 1 aliphatic rings. The molecule has 1 N–H and O–H groups in total. The third-order valence-electron chi connectivity index (χ3n) is 5.75. The van der Waals surface area contributed by atoms with Gasteiger partial charge in [0.25, 0.3) is 0 Å². The quantitative estimate of drug-likeness (QED) is 0.352. The molecule has 1 atom stereocenters. The van der Waals surface area contributed by atoms with Gasteiger partial charge in [-0.2, -0.15) is 0 Å². The molecule has 0 fully saturated rings. The predicted octanol–water partition coefficient (Wildman–Crippen LogP) is 5.94. The molecule has 0 aliphatic carbocycles. The van der Waals surface area contributed by atoms with E-state index in [2.05, 4.69) is 0 Å². The first kappa shape index (κ1) is 16.9. The molecule has 0 saturated carbocycles. The average Bonchev–Trinajstić information content (AvgIpc) is 2.78. The number of para-hydroxylation sites is 1. The summed E-state index contributed by atoms with van der Waals surface area (Å²) in [5, 5.41) is 12.7. The smallest absolute Gasteiger partial charge is 0.344 e. The number of phenolic OH excluding ortho intramolecular Hbond substituents is 1. The normalized spacial score (nSPS) is 14.9. The predicted molar refractivity (Wildman–Crippen MR) is 116 cm³/mol. The summed E-state index contributed by atoms with van der Waals surface area (Å²) in [5.74, 6) is 1.05. The van der Waals surface area contributed by atoms with Crippen LogP contribution in [0.2, 0.25) is 0 Å². The number of hydrogen-bond acceptors (Lipinski definition) is 4. The van der Waals surface area contributed by atoms with E-state index in [0.29, 0.717) is 16.9 Å². The summed E-state index contributed by atoms with van der Waals surface area (Å²) in [6.45, 7) is 0. The topological polar surface area (TPSA) is 59.7 Å². The van der Waals surface area contributed by atoms with Crippen molar-refractivity contribution < 1.29 is 14.3 Å². The number of phenols is 1. The summed E-state index contributed by atoms with van der Waals surface area (Å²) in [7, 11) is 0. The summed E-state index contributed by atoms with van der Waals surface area (Å²) in [6, 6.07) is 26.4. The SMILES string of the molecule is O=c1oc2ccccc2c2c1C(c1ccc(O)cc1)c1c(ccc3ccccc13)O2. The number of aromatic hydroxyl groups is 1. The first-order chi connectivity index (χ1) is 14.7. The molecule has 144 valence electrons. The number of benzene rings is 4. The van der Waals surface area contributed by atoms with Crippen LogP contribution in [0, 0.1) is 0 Å². The van der Waals surface area contributed by atoms with Crippen LogP contribution in [0.25, 0.3) is 21.7 Å². The van der Waals surface area contributed by atoms with E-state index < -0.39 is 5.63 Å². The molecule has 1 unspecified atom stereocenters. The van der Waals surface area contributed by atoms with Crippen molar-refractivity contribution >= 4 is 21.7 Å². The number of hydrogen-bond donors (Lipinski definition) is 1. The molecule has 4 nitrogen and oxygen atoms in total. The third-order valence-corrected chi connectivity index (χ3v) is 5.75. The molecule has 30 heavy (non-hydrogen) atoms. The Morgan fingerprint density at radius 3 is 2.30 bits per heavy atom. The molecule has 0 spiro atoms. The second-order valence-corrected chi connectivity index (χ2v) is 7.45. The van der Waals surface area contributed by atoms with Crippen molar-refractivity contribution in [1.82, 2.24) is 0 Å². The molecule has 0 bridgehead atoms. The zero-order valence-electron chi connectivity index (χ0n) is 15.8. The minimum Gasteiger partial charge on any atom is -0.508 e. The molecular formula is C26H16O4. The summed E-state index contributed by atoms with van der Waals surface area (Å²) in [6.07, 6.45) is 0. The Hall–Kier alpha value is -4.05. The van der Waals surface area contributed by atoms with E-state index in [0.717, 1.165) is 33.0 Å². The molecular weight excluding hydrogens is 376 g/mol. The van der Waals surface area contributed by atoms with Crippen molar-refractivity contribution in [1.29, 1.82) is 0 Å². The van der Waals surface area contributed by atoms with Crippen LogP contribution in [0.4, 0.5) is 0 Å². The first-order valence-corrected chi connectivity index (χ1v) is 9.75. The Morgan fingerprint density at radius 1 is 0.733 bits per heavy atom. The fourth-order valence-electron chi connectivity index (χ4n) is 4.41. The van der Waals surface area contributed by atoms with Crippen LogP contribution in [0.5, 0.6) is 17.2 Å². The highest BCUT2D eigenvalue weighted by Crippen LogP contribution is 2.50. The van der Waals surface area contributed by atoms with Crippen LogP contribution >= 0.6 is 0 Å². The highest BCUT2D eigenvalue weighted by molar-refractivity contribution is 5.92. The Bertz CT molecular complexity index is 1500. The van der Waals surface area contributed by atoms with Gasteiger partial charge in [-0.05, 0) is 46.7 Å². The minimum atomic E-state index is -0.416. The van der Waals surface area contributed by atoms with Crippen molar-refractivity contribution in [3.63, 3.8) is 0 Å². The van der Waals surface area contributed by atoms with Gasteiger partial charge >= 0.3 is 5.63 Å². The lowest BCUT2D eigenvalue weighted by Crippen LogP contribution is -2.21. The van der Waals surface area contributed by atoms with Crippen LogP contribution in [0.1, 0.15) is 22.6 Å². The molecule has 6 rings (SSSR count). The molecule has 5 aromatic rings. The van der Waals surface area contributed by atoms with E-state index in [1.54, 1.807) is 18.2 Å². The Balaban J connectivity index is 1.76. The monoisotopic (exact) mass is 392 g/mol. The molecule has 1 aliphatic heterocycles. The molecule has 4 heteroatoms. The van der Waals surface area contributed by atoms with E-state index in [4.69, 9.17) is 9.15 Å². The third kappa shape index (κ3) is 2.37. The van der Waals surface area contributed by atoms with Gasteiger partial charge in [0.05, 0.1) is 10.9 Å². The maximum atomic E-state index is 13.2. The maximum absolute atomic E-state index is 13.2. The van der Waals surface area contributed by atoms with Crippen molar-refractivity contribution in [2.75, 3.05) is 0 Å². The van der Waals surface area contributed by atoms with Gasteiger partial charge in [0.2, 0.25) is 0 Å². The number of ether oxygens (including phenoxy) is 1. The fourth-order valence-corrected chi connectivity index (χ4v) is 4.41. The zero-order chi connectivity index (χ0) is 20.2. The lowest BCUT2D eigenvalue weighted by atomic mass is 9.80. The largest absolute Gasteiger partial charge is 0.508 e. The van der Waals surface area contributed by atoms with Gasteiger partial charge in [-0.25, -0.2) is 4.79 Å². The Labute approximate surface area is 171 Å². The van der Waals surface area contributed by atoms with Crippen LogP contribution in [0.15, 0.2) is 94.1 Å². The van der Waals surface area contributed by atoms with Gasteiger partial charge in [0.1, 0.15) is 22.8 Å². The molecule has 4 aromatic carbocycles. The Morgan fingerprint density at radius 2 is 1.47 bits per heavy atom. The van der Waals surface area contributed by atoms with Gasteiger partial charge in [-0.1, -0.05) is 54.6 Å². The standard InChI is InChI=1S/C26H16O4/c27-17-12-9-16(10-13-17)22-23-18-6-2-1-5-15(18)11-14-21(23)29-25-19-7-3-4-8-20(19)30-26(28)24(22)25/h1-14,22,27H. The van der Waals surface area contributed by atoms with Crippen LogP contribution in [-0.2, 0) is 0 Å². The van der Waals surface area contributed by atoms with Crippen molar-refractivity contribution in [3.05, 3.63) is 112 Å². The number of rotatable bonds is 1. The van der Waals surface area contributed by atoms with Crippen molar-refractivity contribution in [2.45, 2.75) is 5.92 Å². The van der Waals surface area contributed by atoms with Gasteiger partial charge in [0.15, 0.2) is 0 Å². The average molecular weight is 392 g/mol. The van der Waals surface area contributed by atoms with E-state index >= 15 is 0 Å². The van der Waals surface area contributed by atoms with Crippen LogP contribution in [-0.4, -0.2) is 5.11 Å². The highest BCUT2D eigenvalue weighted by Gasteiger charge is 2.35. The van der Waals surface area contributed by atoms with E-state index in [-0.39, 0.29) is 11.7 Å². The lowest BCUT2D eigenvalue weighted by Gasteiger charge is -2.29. The van der Waals surface area contributed by atoms with Crippen LogP contribution in [0.3, 0.4) is 0 Å². The Kier molecular flexibility index (Phi) is 3.50. The minimum absolute atomic E-state index is 0.176. The van der Waals surface area contributed by atoms with Gasteiger partial charge < -0.3 is 14.3 Å². The van der Waals surface area contributed by atoms with E-state index in [1.807, 2.05) is 66.7 Å². The molecule has 0 radical (unpaired) electrons. The van der Waals surface area contributed by atoms with E-state index in [1.165, 1.54) is 0 Å². The zero-order valence-corrected chi connectivity index (χ0v) is 15.8. The summed E-state index contributed by atoms with van der Waals surface area (Å²) < 4.78 is 12.0. The van der Waals surface area contributed by atoms with Crippen molar-refractivity contribution in [3.8, 4) is 17.2 Å². The second-order valence-electron chi connectivity index (χ2n) is 7.45. The summed E-state index contributed by atoms with van der Waals surface area (Å²) in [4.78, 5) is 13.2. The first-order valence-electron chi connectivity index (χ1n) is 9.75. The van der Waals surface area contributed by atoms with Crippen LogP contribution < -0.4 is 10.4 Å². The molecule has 1 aromatic heterocycles. The number of fused-ring (bicyclic) bond motifs is 6. The molecule has 0 amide bonds. The summed E-state index contributed by atoms with van der Waals surface area (Å²) >= 11 is 0. The van der Waals surface area contributed by atoms with Gasteiger partial charge in [0, 0.05) is 11.5 Å². The van der Waals surface area contributed by atoms with E-state index in [9.17, 15) is 9.90 Å². The maximum Gasteiger partial charge on any atom is 0.344 e.